The minimum absolute atomic E-state index is 0.763. The Kier molecular flexibility index (Phi) is 8.00. The number of benzene rings is 2. The molecule has 2 aromatic carbocycles. The third-order valence-electron chi connectivity index (χ3n) is 4.83. The number of rotatable bonds is 10. The third-order valence-corrected chi connectivity index (χ3v) is 4.83. The molecule has 2 N–H and O–H groups in total. The van der Waals surface area contributed by atoms with Gasteiger partial charge < -0.3 is 10.5 Å². The van der Waals surface area contributed by atoms with Gasteiger partial charge in [-0.05, 0) is 85.0 Å². The molecule has 0 amide bonds. The van der Waals surface area contributed by atoms with Crippen LogP contribution in [0.1, 0.15) is 56.7 Å². The summed E-state index contributed by atoms with van der Waals surface area (Å²) < 4.78 is 5.93. The molecule has 2 heteroatoms. The van der Waals surface area contributed by atoms with Gasteiger partial charge in [-0.3, -0.25) is 0 Å². The van der Waals surface area contributed by atoms with E-state index in [9.17, 15) is 0 Å². The fourth-order valence-electron chi connectivity index (χ4n) is 3.43. The van der Waals surface area contributed by atoms with Crippen LogP contribution < -0.4 is 10.5 Å². The van der Waals surface area contributed by atoms with Crippen molar-refractivity contribution < 1.29 is 4.74 Å². The van der Waals surface area contributed by atoms with Crippen LogP contribution in [0.25, 0.3) is 11.1 Å². The first-order chi connectivity index (χ1) is 12.2. The number of hydrogen-bond donors (Lipinski definition) is 1. The maximum Gasteiger partial charge on any atom is 0.119 e. The number of aryl methyl sites for hydroxylation is 2. The van der Waals surface area contributed by atoms with Crippen LogP contribution in [0.15, 0.2) is 36.4 Å². The van der Waals surface area contributed by atoms with Crippen LogP contribution in [0.4, 0.5) is 0 Å². The molecule has 0 radical (unpaired) electrons. The highest BCUT2D eigenvalue weighted by Gasteiger charge is 2.09. The van der Waals surface area contributed by atoms with E-state index in [2.05, 4.69) is 51.1 Å². The summed E-state index contributed by atoms with van der Waals surface area (Å²) in [7, 11) is 0. The minimum Gasteiger partial charge on any atom is -0.494 e. The fourth-order valence-corrected chi connectivity index (χ4v) is 3.43. The standard InChI is InChI=1S/C23H33NO/c1-4-18-15-21(16-19(5-2)23(18)6-3)20-11-10-12-22(17-20)25-14-9-7-8-13-24/h10-12,15-17H,4-9,13-14,24H2,1-3H3. The second-order valence-electron chi connectivity index (χ2n) is 6.56. The highest BCUT2D eigenvalue weighted by molar-refractivity contribution is 5.68. The molecule has 0 aliphatic carbocycles. The van der Waals surface area contributed by atoms with E-state index in [1.807, 2.05) is 6.07 Å². The Morgan fingerprint density at radius 2 is 1.52 bits per heavy atom. The van der Waals surface area contributed by atoms with E-state index in [0.717, 1.165) is 57.4 Å². The average molecular weight is 340 g/mol. The molecule has 0 aromatic heterocycles. The Bertz CT molecular complexity index is 638. The van der Waals surface area contributed by atoms with Crippen molar-refractivity contribution in [2.24, 2.45) is 5.73 Å². The fraction of sp³-hybridized carbons (Fsp3) is 0.478. The molecule has 2 rings (SSSR count). The van der Waals surface area contributed by atoms with E-state index in [-0.39, 0.29) is 0 Å². The van der Waals surface area contributed by atoms with Gasteiger partial charge in [-0.2, -0.15) is 0 Å². The van der Waals surface area contributed by atoms with Crippen LogP contribution in [-0.2, 0) is 19.3 Å². The lowest BCUT2D eigenvalue weighted by Gasteiger charge is -2.15. The maximum atomic E-state index is 5.93. The molecule has 0 saturated heterocycles. The van der Waals surface area contributed by atoms with Crippen molar-refractivity contribution in [1.82, 2.24) is 0 Å². The van der Waals surface area contributed by atoms with Crippen molar-refractivity contribution in [2.45, 2.75) is 59.3 Å². The molecule has 0 unspecified atom stereocenters. The van der Waals surface area contributed by atoms with E-state index in [4.69, 9.17) is 10.5 Å². The van der Waals surface area contributed by atoms with Gasteiger partial charge in [-0.15, -0.1) is 0 Å². The van der Waals surface area contributed by atoms with Crippen LogP contribution in [0.5, 0.6) is 5.75 Å². The highest BCUT2D eigenvalue weighted by Crippen LogP contribution is 2.29. The minimum atomic E-state index is 0.763. The number of ether oxygens (including phenoxy) is 1. The SMILES string of the molecule is CCc1cc(-c2cccc(OCCCCCN)c2)cc(CC)c1CC. The first-order valence-electron chi connectivity index (χ1n) is 9.81. The van der Waals surface area contributed by atoms with Crippen molar-refractivity contribution in [3.05, 3.63) is 53.1 Å². The quantitative estimate of drug-likeness (QED) is 0.576. The van der Waals surface area contributed by atoms with Crippen LogP contribution in [-0.4, -0.2) is 13.2 Å². The summed E-state index contributed by atoms with van der Waals surface area (Å²) in [5.74, 6) is 0.959. The Morgan fingerprint density at radius 3 is 2.12 bits per heavy atom. The predicted molar refractivity (Wildman–Crippen MR) is 108 cm³/mol. The molecule has 0 bridgehead atoms. The zero-order valence-corrected chi connectivity index (χ0v) is 16.1. The van der Waals surface area contributed by atoms with E-state index >= 15 is 0 Å². The van der Waals surface area contributed by atoms with Crippen molar-refractivity contribution in [1.29, 1.82) is 0 Å². The van der Waals surface area contributed by atoms with E-state index in [0.29, 0.717) is 0 Å². The molecule has 136 valence electrons. The maximum absolute atomic E-state index is 5.93. The molecule has 0 aliphatic heterocycles. The highest BCUT2D eigenvalue weighted by atomic mass is 16.5. The molecular formula is C23H33NO. The first-order valence-corrected chi connectivity index (χ1v) is 9.81. The number of nitrogens with two attached hydrogens (primary N) is 1. The zero-order valence-electron chi connectivity index (χ0n) is 16.1. The van der Waals surface area contributed by atoms with Crippen molar-refractivity contribution in [3.63, 3.8) is 0 Å². The molecule has 0 spiro atoms. The van der Waals surface area contributed by atoms with Crippen molar-refractivity contribution >= 4 is 0 Å². The molecule has 2 nitrogen and oxygen atoms in total. The molecule has 0 heterocycles. The van der Waals surface area contributed by atoms with Gasteiger partial charge in [0.05, 0.1) is 6.61 Å². The summed E-state index contributed by atoms with van der Waals surface area (Å²) in [6.45, 7) is 8.28. The van der Waals surface area contributed by atoms with Crippen molar-refractivity contribution in [3.8, 4) is 16.9 Å². The normalized spacial score (nSPS) is 10.9. The monoisotopic (exact) mass is 339 g/mol. The molecule has 0 aliphatic rings. The van der Waals surface area contributed by atoms with Gasteiger partial charge in [-0.25, -0.2) is 0 Å². The lowest BCUT2D eigenvalue weighted by molar-refractivity contribution is 0.306. The third kappa shape index (κ3) is 5.34. The van der Waals surface area contributed by atoms with Crippen LogP contribution in [0.3, 0.4) is 0 Å². The molecule has 25 heavy (non-hydrogen) atoms. The summed E-state index contributed by atoms with van der Waals surface area (Å²) in [5.41, 5.74) is 12.6. The summed E-state index contributed by atoms with van der Waals surface area (Å²) >= 11 is 0. The topological polar surface area (TPSA) is 35.2 Å². The summed E-state index contributed by atoms with van der Waals surface area (Å²) in [6.07, 6.45) is 6.55. The lowest BCUT2D eigenvalue weighted by atomic mass is 9.90. The van der Waals surface area contributed by atoms with Gasteiger partial charge in [0, 0.05) is 0 Å². The summed E-state index contributed by atoms with van der Waals surface area (Å²) in [5, 5.41) is 0. The molecule has 0 fully saturated rings. The molecular weight excluding hydrogens is 306 g/mol. The van der Waals surface area contributed by atoms with Crippen LogP contribution in [0, 0.1) is 0 Å². The predicted octanol–water partition coefficient (Wildman–Crippen LogP) is 5.55. The lowest BCUT2D eigenvalue weighted by Crippen LogP contribution is -2.02. The van der Waals surface area contributed by atoms with Crippen LogP contribution in [0.2, 0.25) is 0 Å². The van der Waals surface area contributed by atoms with Gasteiger partial charge in [0.15, 0.2) is 0 Å². The summed E-state index contributed by atoms with van der Waals surface area (Å²) in [6, 6.07) is 13.2. The van der Waals surface area contributed by atoms with Crippen molar-refractivity contribution in [2.75, 3.05) is 13.2 Å². The van der Waals surface area contributed by atoms with Gasteiger partial charge in [-0.1, -0.05) is 45.0 Å². The van der Waals surface area contributed by atoms with E-state index in [1.54, 1.807) is 0 Å². The first kappa shape index (κ1) is 19.5. The average Bonchev–Trinajstić information content (AvgIpc) is 2.66. The largest absolute Gasteiger partial charge is 0.494 e. The summed E-state index contributed by atoms with van der Waals surface area (Å²) in [4.78, 5) is 0. The number of hydrogen-bond acceptors (Lipinski definition) is 2. The van der Waals surface area contributed by atoms with E-state index < -0.39 is 0 Å². The Hall–Kier alpha value is -1.80. The Morgan fingerprint density at radius 1 is 0.800 bits per heavy atom. The van der Waals surface area contributed by atoms with Gasteiger partial charge in [0.25, 0.3) is 0 Å². The molecule has 0 saturated carbocycles. The molecule has 2 aromatic rings. The van der Waals surface area contributed by atoms with E-state index in [1.165, 1.54) is 27.8 Å². The second kappa shape index (κ2) is 10.2. The van der Waals surface area contributed by atoms with Gasteiger partial charge >= 0.3 is 0 Å². The smallest absolute Gasteiger partial charge is 0.119 e. The second-order valence-corrected chi connectivity index (χ2v) is 6.56. The Labute approximate surface area is 153 Å². The van der Waals surface area contributed by atoms with Crippen LogP contribution >= 0.6 is 0 Å². The Balaban J connectivity index is 2.19. The number of unbranched alkanes of at least 4 members (excludes halogenated alkanes) is 2. The molecule has 0 atom stereocenters. The van der Waals surface area contributed by atoms with Gasteiger partial charge in [0.1, 0.15) is 5.75 Å². The zero-order chi connectivity index (χ0) is 18.1. The van der Waals surface area contributed by atoms with Gasteiger partial charge in [0.2, 0.25) is 0 Å².